The standard InChI is InChI=1S/C16H16NO2/c1-13-7-3-4-9-15(13)12-19-16-10-6-5-8-14(16)11-17-18-2/h3-12H,1-2H3/b17-11-. The van der Waals surface area contributed by atoms with E-state index in [4.69, 9.17) is 4.74 Å². The van der Waals surface area contributed by atoms with Gasteiger partial charge in [-0.15, -0.1) is 0 Å². The van der Waals surface area contributed by atoms with Crippen molar-refractivity contribution in [1.82, 2.24) is 0 Å². The van der Waals surface area contributed by atoms with Gasteiger partial charge in [-0.3, -0.25) is 0 Å². The molecule has 0 heterocycles. The molecule has 3 heteroatoms. The largest absolute Gasteiger partial charge is 0.481 e. The molecule has 1 radical (unpaired) electrons. The van der Waals surface area contributed by atoms with E-state index in [1.54, 1.807) is 12.8 Å². The second-order valence-corrected chi connectivity index (χ2v) is 4.05. The van der Waals surface area contributed by atoms with Gasteiger partial charge in [0.1, 0.15) is 12.9 Å². The van der Waals surface area contributed by atoms with Gasteiger partial charge in [-0.2, -0.15) is 0 Å². The smallest absolute Gasteiger partial charge is 0.165 e. The molecular formula is C16H16NO2. The average molecular weight is 254 g/mol. The van der Waals surface area contributed by atoms with E-state index < -0.39 is 0 Å². The molecule has 97 valence electrons. The topological polar surface area (TPSA) is 30.8 Å². The fourth-order valence-corrected chi connectivity index (χ4v) is 1.65. The third-order valence-electron chi connectivity index (χ3n) is 2.72. The van der Waals surface area contributed by atoms with Crippen LogP contribution in [0.5, 0.6) is 5.75 Å². The first kappa shape index (κ1) is 13.1. The highest BCUT2D eigenvalue weighted by Gasteiger charge is 2.03. The Morgan fingerprint density at radius 2 is 1.63 bits per heavy atom. The predicted octanol–water partition coefficient (Wildman–Crippen LogP) is 3.56. The van der Waals surface area contributed by atoms with Crippen molar-refractivity contribution in [1.29, 1.82) is 0 Å². The minimum absolute atomic E-state index is 0.742. The van der Waals surface area contributed by atoms with Gasteiger partial charge in [0.25, 0.3) is 0 Å². The molecule has 0 atom stereocenters. The van der Waals surface area contributed by atoms with Crippen molar-refractivity contribution < 1.29 is 9.57 Å². The van der Waals surface area contributed by atoms with Crippen molar-refractivity contribution >= 4 is 6.21 Å². The van der Waals surface area contributed by atoms with Crippen LogP contribution in [0, 0.1) is 13.5 Å². The fraction of sp³-hybridized carbons (Fsp3) is 0.125. The van der Waals surface area contributed by atoms with E-state index in [-0.39, 0.29) is 0 Å². The Bertz CT molecular complexity index is 564. The lowest BCUT2D eigenvalue weighted by Crippen LogP contribution is -1.97. The van der Waals surface area contributed by atoms with Gasteiger partial charge in [-0.25, -0.2) is 0 Å². The van der Waals surface area contributed by atoms with Crippen molar-refractivity contribution in [2.24, 2.45) is 5.16 Å². The second kappa shape index (κ2) is 6.59. The normalized spacial score (nSPS) is 10.6. The molecule has 0 fully saturated rings. The molecule has 0 aliphatic heterocycles. The summed E-state index contributed by atoms with van der Waals surface area (Å²) in [5.74, 6) is 0.742. The molecule has 3 nitrogen and oxygen atoms in total. The summed E-state index contributed by atoms with van der Waals surface area (Å²) < 4.78 is 5.73. The van der Waals surface area contributed by atoms with Gasteiger partial charge in [-0.1, -0.05) is 41.6 Å². The van der Waals surface area contributed by atoms with Crippen LogP contribution in [0.15, 0.2) is 53.7 Å². The zero-order valence-corrected chi connectivity index (χ0v) is 11.0. The summed E-state index contributed by atoms with van der Waals surface area (Å²) in [5, 5.41) is 3.76. The van der Waals surface area contributed by atoms with Crippen molar-refractivity contribution in [3.8, 4) is 5.75 Å². The minimum atomic E-state index is 0.742. The number of nitrogens with zero attached hydrogens (tertiary/aromatic N) is 1. The molecular weight excluding hydrogens is 238 g/mol. The molecule has 0 saturated heterocycles. The zero-order chi connectivity index (χ0) is 13.5. The van der Waals surface area contributed by atoms with Gasteiger partial charge in [0.15, 0.2) is 6.61 Å². The zero-order valence-electron chi connectivity index (χ0n) is 11.0. The lowest BCUT2D eigenvalue weighted by molar-refractivity contribution is 0.215. The van der Waals surface area contributed by atoms with Crippen molar-refractivity contribution in [2.45, 2.75) is 6.92 Å². The molecule has 0 aliphatic carbocycles. The summed E-state index contributed by atoms with van der Waals surface area (Å²) >= 11 is 0. The Kier molecular flexibility index (Phi) is 4.56. The highest BCUT2D eigenvalue weighted by Crippen LogP contribution is 2.19. The SMILES string of the molecule is CO/N=C\c1ccccc1O[CH]c1ccccc1C. The van der Waals surface area contributed by atoms with E-state index in [0.717, 1.165) is 16.9 Å². The molecule has 0 spiro atoms. The van der Waals surface area contributed by atoms with Crippen molar-refractivity contribution in [3.63, 3.8) is 0 Å². The molecule has 0 N–H and O–H groups in total. The van der Waals surface area contributed by atoms with Crippen LogP contribution in [0.3, 0.4) is 0 Å². The van der Waals surface area contributed by atoms with Crippen LogP contribution >= 0.6 is 0 Å². The molecule has 2 rings (SSSR count). The van der Waals surface area contributed by atoms with Crippen LogP contribution < -0.4 is 4.74 Å². The van der Waals surface area contributed by atoms with Crippen molar-refractivity contribution in [3.05, 3.63) is 71.8 Å². The van der Waals surface area contributed by atoms with Crippen molar-refractivity contribution in [2.75, 3.05) is 7.11 Å². The first-order valence-corrected chi connectivity index (χ1v) is 6.02. The van der Waals surface area contributed by atoms with Crippen LogP contribution in [0.25, 0.3) is 0 Å². The highest BCUT2D eigenvalue weighted by molar-refractivity contribution is 5.83. The summed E-state index contributed by atoms with van der Waals surface area (Å²) in [7, 11) is 1.51. The molecule has 0 unspecified atom stereocenters. The van der Waals surface area contributed by atoms with Crippen LogP contribution in [-0.4, -0.2) is 13.3 Å². The Morgan fingerprint density at radius 1 is 0.947 bits per heavy atom. The Balaban J connectivity index is 2.11. The average Bonchev–Trinajstić information content (AvgIpc) is 2.45. The maximum Gasteiger partial charge on any atom is 0.165 e. The molecule has 19 heavy (non-hydrogen) atoms. The number of aryl methyl sites for hydroxylation is 1. The number of hydrogen-bond donors (Lipinski definition) is 0. The summed E-state index contributed by atoms with van der Waals surface area (Å²) in [4.78, 5) is 4.69. The monoisotopic (exact) mass is 254 g/mol. The molecule has 0 aromatic heterocycles. The van der Waals surface area contributed by atoms with Gasteiger partial charge >= 0.3 is 0 Å². The predicted molar refractivity (Wildman–Crippen MR) is 76.3 cm³/mol. The third-order valence-corrected chi connectivity index (χ3v) is 2.72. The Morgan fingerprint density at radius 3 is 2.37 bits per heavy atom. The van der Waals surface area contributed by atoms with E-state index >= 15 is 0 Å². The number of para-hydroxylation sites is 1. The third kappa shape index (κ3) is 3.58. The van der Waals surface area contributed by atoms with Crippen LogP contribution in [0.1, 0.15) is 16.7 Å². The number of rotatable bonds is 5. The maximum absolute atomic E-state index is 5.73. The fourth-order valence-electron chi connectivity index (χ4n) is 1.65. The van der Waals surface area contributed by atoms with E-state index in [1.165, 1.54) is 12.7 Å². The number of ether oxygens (including phenoxy) is 1. The first-order valence-electron chi connectivity index (χ1n) is 6.02. The maximum atomic E-state index is 5.73. The van der Waals surface area contributed by atoms with Crippen LogP contribution in [-0.2, 0) is 4.84 Å². The van der Waals surface area contributed by atoms with Gasteiger partial charge in [-0.05, 0) is 30.2 Å². The molecule has 0 saturated carbocycles. The summed E-state index contributed by atoms with van der Waals surface area (Å²) in [6, 6.07) is 15.7. The minimum Gasteiger partial charge on any atom is -0.481 e. The quantitative estimate of drug-likeness (QED) is 0.603. The van der Waals surface area contributed by atoms with E-state index in [2.05, 4.69) is 9.99 Å². The molecule has 2 aromatic carbocycles. The summed E-state index contributed by atoms with van der Waals surface area (Å²) in [5.41, 5.74) is 3.10. The van der Waals surface area contributed by atoms with Gasteiger partial charge in [0.2, 0.25) is 0 Å². The summed E-state index contributed by atoms with van der Waals surface area (Å²) in [6.45, 7) is 3.79. The van der Waals surface area contributed by atoms with Gasteiger partial charge in [0.05, 0.1) is 6.21 Å². The lowest BCUT2D eigenvalue weighted by Gasteiger charge is -2.09. The summed E-state index contributed by atoms with van der Waals surface area (Å²) in [6.07, 6.45) is 1.63. The van der Waals surface area contributed by atoms with Gasteiger partial charge in [0, 0.05) is 5.56 Å². The van der Waals surface area contributed by atoms with Crippen LogP contribution in [0.4, 0.5) is 0 Å². The molecule has 2 aromatic rings. The Hall–Kier alpha value is -2.29. The first-order chi connectivity index (χ1) is 9.31. The van der Waals surface area contributed by atoms with E-state index in [1.807, 2.05) is 55.5 Å². The molecule has 0 aliphatic rings. The lowest BCUT2D eigenvalue weighted by atomic mass is 10.1. The number of oxime groups is 1. The molecule has 0 bridgehead atoms. The van der Waals surface area contributed by atoms with E-state index in [9.17, 15) is 0 Å². The molecule has 0 amide bonds. The Labute approximate surface area is 113 Å². The second-order valence-electron chi connectivity index (χ2n) is 4.05. The van der Waals surface area contributed by atoms with Gasteiger partial charge < -0.3 is 9.57 Å². The van der Waals surface area contributed by atoms with E-state index in [0.29, 0.717) is 0 Å². The number of hydrogen-bond acceptors (Lipinski definition) is 3. The highest BCUT2D eigenvalue weighted by atomic mass is 16.6. The number of benzene rings is 2. The van der Waals surface area contributed by atoms with Crippen LogP contribution in [0.2, 0.25) is 0 Å².